The quantitative estimate of drug-likeness (QED) is 0.409. The average molecular weight is 423 g/mol. The SMILES string of the molecule is Cc1csc(CCCNC2=Nc3cccc4cccc2c34)n1.O=C(O)C=CC(=O)O. The summed E-state index contributed by atoms with van der Waals surface area (Å²) in [5, 5.41) is 25.0. The van der Waals surface area contributed by atoms with E-state index < -0.39 is 11.9 Å². The molecule has 154 valence electrons. The molecule has 0 bridgehead atoms. The van der Waals surface area contributed by atoms with Crippen LogP contribution in [0.15, 0.2) is 58.9 Å². The second kappa shape index (κ2) is 9.80. The van der Waals surface area contributed by atoms with Crippen molar-refractivity contribution in [1.29, 1.82) is 0 Å². The predicted molar refractivity (Wildman–Crippen MR) is 118 cm³/mol. The fourth-order valence-electron chi connectivity index (χ4n) is 3.03. The van der Waals surface area contributed by atoms with Gasteiger partial charge in [-0.15, -0.1) is 11.3 Å². The normalized spacial score (nSPS) is 11.8. The van der Waals surface area contributed by atoms with Gasteiger partial charge in [-0.25, -0.2) is 19.6 Å². The van der Waals surface area contributed by atoms with Crippen LogP contribution in [-0.4, -0.2) is 39.5 Å². The molecule has 1 aromatic heterocycles. The van der Waals surface area contributed by atoms with Gasteiger partial charge in [-0.05, 0) is 24.8 Å². The number of carbonyl (C=O) groups is 2. The molecule has 0 atom stereocenters. The molecule has 0 amide bonds. The van der Waals surface area contributed by atoms with E-state index >= 15 is 0 Å². The third-order valence-electron chi connectivity index (χ3n) is 4.27. The Labute approximate surface area is 177 Å². The summed E-state index contributed by atoms with van der Waals surface area (Å²) in [5.41, 5.74) is 3.42. The van der Waals surface area contributed by atoms with E-state index in [4.69, 9.17) is 15.2 Å². The Balaban J connectivity index is 0.000000275. The van der Waals surface area contributed by atoms with Crippen molar-refractivity contribution in [1.82, 2.24) is 10.3 Å². The van der Waals surface area contributed by atoms with E-state index in [-0.39, 0.29) is 0 Å². The predicted octanol–water partition coefficient (Wildman–Crippen LogP) is 3.93. The van der Waals surface area contributed by atoms with E-state index in [0.29, 0.717) is 12.2 Å². The van der Waals surface area contributed by atoms with Crippen LogP contribution in [0.25, 0.3) is 10.8 Å². The number of carboxylic acids is 2. The lowest BCUT2D eigenvalue weighted by atomic mass is 10.0. The lowest BCUT2D eigenvalue weighted by molar-refractivity contribution is -0.134. The summed E-state index contributed by atoms with van der Waals surface area (Å²) in [5.74, 6) is -1.51. The molecule has 0 aliphatic carbocycles. The third kappa shape index (κ3) is 5.51. The van der Waals surface area contributed by atoms with Gasteiger partial charge in [0, 0.05) is 47.1 Å². The van der Waals surface area contributed by atoms with Crippen LogP contribution in [0.2, 0.25) is 0 Å². The first-order chi connectivity index (χ1) is 14.4. The van der Waals surface area contributed by atoms with E-state index in [1.54, 1.807) is 11.3 Å². The highest BCUT2D eigenvalue weighted by molar-refractivity contribution is 7.09. The fraction of sp³-hybridized carbons (Fsp3) is 0.182. The van der Waals surface area contributed by atoms with E-state index in [1.807, 2.05) is 6.92 Å². The molecule has 0 saturated carbocycles. The number of aliphatic imine (C=N–C) groups is 1. The van der Waals surface area contributed by atoms with Gasteiger partial charge in [-0.3, -0.25) is 0 Å². The Morgan fingerprint density at radius 3 is 2.43 bits per heavy atom. The van der Waals surface area contributed by atoms with Crippen molar-refractivity contribution in [3.63, 3.8) is 0 Å². The maximum atomic E-state index is 9.55. The van der Waals surface area contributed by atoms with Crippen molar-refractivity contribution in [2.45, 2.75) is 19.8 Å². The van der Waals surface area contributed by atoms with Gasteiger partial charge in [0.15, 0.2) is 0 Å². The Bertz CT molecular complexity index is 1110. The number of rotatable bonds is 6. The first kappa shape index (κ1) is 21.2. The molecule has 0 saturated heterocycles. The molecule has 3 N–H and O–H groups in total. The summed E-state index contributed by atoms with van der Waals surface area (Å²) in [6.07, 6.45) is 3.21. The van der Waals surface area contributed by atoms with E-state index in [9.17, 15) is 9.59 Å². The van der Waals surface area contributed by atoms with Crippen LogP contribution < -0.4 is 5.32 Å². The maximum Gasteiger partial charge on any atom is 0.328 e. The molecule has 4 rings (SSSR count). The standard InChI is InChI=1S/C18H17N3S.C4H4O4/c1-12-11-22-16(20-12)9-4-10-19-18-14-7-2-5-13-6-3-8-15(21-18)17(13)14;5-3(6)1-2-4(7)8/h2-3,5-8,11H,4,9-10H2,1H3,(H,19,21);1-2H,(H,5,6)(H,7,8). The zero-order valence-electron chi connectivity index (χ0n) is 16.3. The number of amidine groups is 1. The van der Waals surface area contributed by atoms with Gasteiger partial charge in [0.1, 0.15) is 5.84 Å². The highest BCUT2D eigenvalue weighted by atomic mass is 32.1. The average Bonchev–Trinajstić information content (AvgIpc) is 3.29. The molecule has 2 aromatic carbocycles. The van der Waals surface area contributed by atoms with Crippen LogP contribution in [0.3, 0.4) is 0 Å². The Kier molecular flexibility index (Phi) is 6.92. The smallest absolute Gasteiger partial charge is 0.328 e. The summed E-state index contributed by atoms with van der Waals surface area (Å²) < 4.78 is 0. The number of aryl methyl sites for hydroxylation is 2. The molecule has 0 spiro atoms. The first-order valence-electron chi connectivity index (χ1n) is 9.33. The maximum absolute atomic E-state index is 9.55. The van der Waals surface area contributed by atoms with Crippen molar-refractivity contribution in [2.75, 3.05) is 6.54 Å². The van der Waals surface area contributed by atoms with Crippen LogP contribution in [0.1, 0.15) is 22.7 Å². The monoisotopic (exact) mass is 423 g/mol. The molecular weight excluding hydrogens is 402 g/mol. The van der Waals surface area contributed by atoms with Crippen LogP contribution >= 0.6 is 11.3 Å². The minimum atomic E-state index is -1.26. The highest BCUT2D eigenvalue weighted by Gasteiger charge is 2.17. The molecule has 1 aliphatic rings. The molecule has 0 fully saturated rings. The number of aliphatic carboxylic acids is 2. The molecule has 2 heterocycles. The molecule has 7 nitrogen and oxygen atoms in total. The van der Waals surface area contributed by atoms with Crippen molar-refractivity contribution in [2.24, 2.45) is 4.99 Å². The van der Waals surface area contributed by atoms with Crippen LogP contribution in [0, 0.1) is 6.92 Å². The highest BCUT2D eigenvalue weighted by Crippen LogP contribution is 2.34. The van der Waals surface area contributed by atoms with E-state index in [0.717, 1.165) is 36.6 Å². The lowest BCUT2D eigenvalue weighted by Crippen LogP contribution is -2.24. The van der Waals surface area contributed by atoms with Crippen LogP contribution in [0.4, 0.5) is 5.69 Å². The number of nitrogens with zero attached hydrogens (tertiary/aromatic N) is 2. The summed E-state index contributed by atoms with van der Waals surface area (Å²) in [7, 11) is 0. The lowest BCUT2D eigenvalue weighted by Gasteiger charge is -2.06. The number of benzene rings is 2. The molecule has 3 aromatic rings. The van der Waals surface area contributed by atoms with Crippen molar-refractivity contribution < 1.29 is 19.8 Å². The molecule has 30 heavy (non-hydrogen) atoms. The molecular formula is C22H21N3O4S. The Morgan fingerprint density at radius 1 is 1.10 bits per heavy atom. The van der Waals surface area contributed by atoms with E-state index in [1.165, 1.54) is 21.3 Å². The van der Waals surface area contributed by atoms with Gasteiger partial charge in [-0.2, -0.15) is 0 Å². The Hall–Kier alpha value is -3.52. The number of nitrogens with one attached hydrogen (secondary N) is 1. The van der Waals surface area contributed by atoms with Gasteiger partial charge in [0.2, 0.25) is 0 Å². The second-order valence-corrected chi connectivity index (χ2v) is 7.51. The summed E-state index contributed by atoms with van der Waals surface area (Å²) in [4.78, 5) is 28.3. The first-order valence-corrected chi connectivity index (χ1v) is 10.2. The Morgan fingerprint density at radius 2 is 1.80 bits per heavy atom. The minimum Gasteiger partial charge on any atom is -0.478 e. The van der Waals surface area contributed by atoms with Gasteiger partial charge in [0.25, 0.3) is 0 Å². The van der Waals surface area contributed by atoms with Crippen LogP contribution in [-0.2, 0) is 16.0 Å². The topological polar surface area (TPSA) is 112 Å². The fourth-order valence-corrected chi connectivity index (χ4v) is 3.85. The van der Waals surface area contributed by atoms with Gasteiger partial charge < -0.3 is 15.5 Å². The molecule has 0 unspecified atom stereocenters. The van der Waals surface area contributed by atoms with E-state index in [2.05, 4.69) is 52.1 Å². The number of hydrogen-bond donors (Lipinski definition) is 3. The van der Waals surface area contributed by atoms with Gasteiger partial charge in [-0.1, -0.05) is 30.3 Å². The summed E-state index contributed by atoms with van der Waals surface area (Å²) in [6.45, 7) is 2.96. The van der Waals surface area contributed by atoms with Gasteiger partial charge >= 0.3 is 11.9 Å². The molecule has 8 heteroatoms. The molecule has 1 aliphatic heterocycles. The number of carboxylic acid groups (broad SMARTS) is 2. The zero-order chi connectivity index (χ0) is 21.5. The van der Waals surface area contributed by atoms with Crippen LogP contribution in [0.5, 0.6) is 0 Å². The van der Waals surface area contributed by atoms with Crippen molar-refractivity contribution in [3.05, 3.63) is 70.2 Å². The number of aromatic nitrogens is 1. The zero-order valence-corrected chi connectivity index (χ0v) is 17.1. The number of thiazole rings is 1. The molecule has 0 radical (unpaired) electrons. The second-order valence-electron chi connectivity index (χ2n) is 6.56. The van der Waals surface area contributed by atoms with Gasteiger partial charge in [0.05, 0.1) is 10.7 Å². The summed E-state index contributed by atoms with van der Waals surface area (Å²) in [6, 6.07) is 12.7. The largest absolute Gasteiger partial charge is 0.478 e. The summed E-state index contributed by atoms with van der Waals surface area (Å²) >= 11 is 1.75. The minimum absolute atomic E-state index is 0.558. The number of hydrogen-bond acceptors (Lipinski definition) is 6. The van der Waals surface area contributed by atoms with Crippen molar-refractivity contribution >= 4 is 45.6 Å². The third-order valence-corrected chi connectivity index (χ3v) is 5.29. The van der Waals surface area contributed by atoms with Crippen molar-refractivity contribution in [3.8, 4) is 0 Å².